The Morgan fingerprint density at radius 2 is 1.64 bits per heavy atom. The highest BCUT2D eigenvalue weighted by atomic mass is 35.5. The molecule has 0 aliphatic carbocycles. The number of nitrogens with one attached hydrogen (secondary N) is 2. The number of aromatic nitrogens is 4. The average Bonchev–Trinajstić information content (AvgIpc) is 3.08. The Morgan fingerprint density at radius 3 is 2.29 bits per heavy atom. The van der Waals surface area contributed by atoms with E-state index >= 15 is 0 Å². The summed E-state index contributed by atoms with van der Waals surface area (Å²) in [6.07, 6.45) is 3.68. The number of piperidine rings is 1. The standard InChI is InChI=1S/C18H19FN6.3ClH/c19-13-3-1-11(2-4-13)15-16(14-7-10-22-18(20)23-14)25-17(24-15)12-5-8-21-9-6-12;;;/h1-4,7,10,12,21H,5-6,8-9H2,(H,24,25)(H2,20,22,23);3*1H. The van der Waals surface area contributed by atoms with Crippen LogP contribution in [-0.2, 0) is 0 Å². The summed E-state index contributed by atoms with van der Waals surface area (Å²) in [6.45, 7) is 1.96. The van der Waals surface area contributed by atoms with Crippen LogP contribution in [0.1, 0.15) is 24.6 Å². The van der Waals surface area contributed by atoms with Crippen molar-refractivity contribution in [3.63, 3.8) is 0 Å². The molecule has 0 unspecified atom stereocenters. The van der Waals surface area contributed by atoms with Gasteiger partial charge in [0.15, 0.2) is 0 Å². The molecule has 3 heterocycles. The van der Waals surface area contributed by atoms with Crippen LogP contribution in [0.4, 0.5) is 10.3 Å². The lowest BCUT2D eigenvalue weighted by atomic mass is 9.98. The summed E-state index contributed by atoms with van der Waals surface area (Å²) in [5.74, 6) is 1.24. The highest BCUT2D eigenvalue weighted by Gasteiger charge is 2.22. The second kappa shape index (κ2) is 10.6. The topological polar surface area (TPSA) is 92.5 Å². The third-order valence-corrected chi connectivity index (χ3v) is 4.50. The van der Waals surface area contributed by atoms with Crippen LogP contribution in [-0.4, -0.2) is 33.0 Å². The van der Waals surface area contributed by atoms with Gasteiger partial charge in [-0.3, -0.25) is 0 Å². The number of aromatic amines is 1. The Kier molecular flexibility index (Phi) is 9.10. The summed E-state index contributed by atoms with van der Waals surface area (Å²) in [5.41, 5.74) is 8.80. The highest BCUT2D eigenvalue weighted by Crippen LogP contribution is 2.33. The summed E-state index contributed by atoms with van der Waals surface area (Å²) in [6, 6.07) is 8.12. The lowest BCUT2D eigenvalue weighted by Gasteiger charge is -2.20. The number of imidazole rings is 1. The maximum absolute atomic E-state index is 13.3. The molecule has 1 aliphatic rings. The third-order valence-electron chi connectivity index (χ3n) is 4.50. The van der Waals surface area contributed by atoms with Crippen molar-refractivity contribution in [2.24, 2.45) is 0 Å². The van der Waals surface area contributed by atoms with Crippen LogP contribution in [0.15, 0.2) is 36.5 Å². The van der Waals surface area contributed by atoms with Crippen molar-refractivity contribution in [2.75, 3.05) is 18.8 Å². The fourth-order valence-corrected chi connectivity index (χ4v) is 3.20. The van der Waals surface area contributed by atoms with Crippen molar-refractivity contribution in [3.05, 3.63) is 48.2 Å². The maximum Gasteiger partial charge on any atom is 0.220 e. The molecule has 1 saturated heterocycles. The van der Waals surface area contributed by atoms with Gasteiger partial charge < -0.3 is 16.0 Å². The first-order valence-electron chi connectivity index (χ1n) is 8.36. The SMILES string of the molecule is Cl.Cl.Cl.Nc1nccc(-c2[nH]c(C3CCNCC3)nc2-c2ccc(F)cc2)n1. The second-order valence-corrected chi connectivity index (χ2v) is 6.18. The van der Waals surface area contributed by atoms with E-state index < -0.39 is 0 Å². The van der Waals surface area contributed by atoms with E-state index in [-0.39, 0.29) is 49.0 Å². The van der Waals surface area contributed by atoms with E-state index in [1.807, 2.05) is 0 Å². The lowest BCUT2D eigenvalue weighted by Crippen LogP contribution is -2.27. The molecule has 0 radical (unpaired) electrons. The van der Waals surface area contributed by atoms with Crippen molar-refractivity contribution in [3.8, 4) is 22.6 Å². The van der Waals surface area contributed by atoms with Crippen LogP contribution < -0.4 is 11.1 Å². The van der Waals surface area contributed by atoms with Crippen LogP contribution in [0, 0.1) is 5.82 Å². The fourth-order valence-electron chi connectivity index (χ4n) is 3.20. The Morgan fingerprint density at radius 1 is 0.964 bits per heavy atom. The number of hydrogen-bond acceptors (Lipinski definition) is 5. The number of anilines is 1. The molecule has 1 aliphatic heterocycles. The Labute approximate surface area is 181 Å². The number of rotatable bonds is 3. The summed E-state index contributed by atoms with van der Waals surface area (Å²) < 4.78 is 13.3. The molecule has 10 heteroatoms. The predicted molar refractivity (Wildman–Crippen MR) is 116 cm³/mol. The molecule has 28 heavy (non-hydrogen) atoms. The van der Waals surface area contributed by atoms with Crippen molar-refractivity contribution in [2.45, 2.75) is 18.8 Å². The summed E-state index contributed by atoms with van der Waals surface area (Å²) in [5, 5.41) is 3.36. The van der Waals surface area contributed by atoms with E-state index in [2.05, 4.69) is 20.3 Å². The number of nitrogens with zero attached hydrogens (tertiary/aromatic N) is 3. The van der Waals surface area contributed by atoms with Gasteiger partial charge in [0.05, 0.1) is 17.1 Å². The number of halogens is 4. The number of nitrogen functional groups attached to an aromatic ring is 1. The van der Waals surface area contributed by atoms with Gasteiger partial charge in [-0.05, 0) is 56.3 Å². The van der Waals surface area contributed by atoms with E-state index in [1.54, 1.807) is 24.4 Å². The molecule has 4 rings (SSSR count). The first-order valence-corrected chi connectivity index (χ1v) is 8.36. The van der Waals surface area contributed by atoms with Gasteiger partial charge in [0, 0.05) is 17.7 Å². The monoisotopic (exact) mass is 446 g/mol. The molecule has 4 N–H and O–H groups in total. The van der Waals surface area contributed by atoms with Crippen molar-refractivity contribution >= 4 is 43.2 Å². The van der Waals surface area contributed by atoms with E-state index in [9.17, 15) is 4.39 Å². The number of nitrogens with two attached hydrogens (primary N) is 1. The smallest absolute Gasteiger partial charge is 0.220 e. The van der Waals surface area contributed by atoms with Gasteiger partial charge >= 0.3 is 0 Å². The van der Waals surface area contributed by atoms with Crippen LogP contribution in [0.5, 0.6) is 0 Å². The van der Waals surface area contributed by atoms with E-state index in [0.717, 1.165) is 48.7 Å². The lowest BCUT2D eigenvalue weighted by molar-refractivity contribution is 0.447. The zero-order valence-electron chi connectivity index (χ0n) is 14.9. The fraction of sp³-hybridized carbons (Fsp3) is 0.278. The zero-order valence-corrected chi connectivity index (χ0v) is 17.3. The molecule has 6 nitrogen and oxygen atoms in total. The number of H-pyrrole nitrogens is 1. The summed E-state index contributed by atoms with van der Waals surface area (Å²) in [7, 11) is 0. The molecule has 1 aromatic carbocycles. The van der Waals surface area contributed by atoms with Gasteiger partial charge in [0.2, 0.25) is 5.95 Å². The Bertz CT molecular complexity index is 881. The van der Waals surface area contributed by atoms with Gasteiger partial charge in [0.25, 0.3) is 0 Å². The first-order chi connectivity index (χ1) is 12.2. The minimum Gasteiger partial charge on any atom is -0.368 e. The highest BCUT2D eigenvalue weighted by molar-refractivity contribution is 5.86. The number of hydrogen-bond donors (Lipinski definition) is 3. The quantitative estimate of drug-likeness (QED) is 0.564. The van der Waals surface area contributed by atoms with Gasteiger partial charge in [-0.15, -0.1) is 37.2 Å². The van der Waals surface area contributed by atoms with Crippen LogP contribution in [0.25, 0.3) is 22.6 Å². The largest absolute Gasteiger partial charge is 0.368 e. The van der Waals surface area contributed by atoms with E-state index in [1.165, 1.54) is 12.1 Å². The van der Waals surface area contributed by atoms with Gasteiger partial charge in [-0.25, -0.2) is 19.3 Å². The molecule has 0 amide bonds. The minimum atomic E-state index is -0.273. The summed E-state index contributed by atoms with van der Waals surface area (Å²) in [4.78, 5) is 16.5. The van der Waals surface area contributed by atoms with Crippen LogP contribution in [0.3, 0.4) is 0 Å². The van der Waals surface area contributed by atoms with E-state index in [4.69, 9.17) is 10.7 Å². The van der Waals surface area contributed by atoms with Gasteiger partial charge in [-0.2, -0.15) is 0 Å². The average molecular weight is 448 g/mol. The normalized spacial score (nSPS) is 13.8. The molecule has 0 saturated carbocycles. The van der Waals surface area contributed by atoms with Crippen molar-refractivity contribution in [1.29, 1.82) is 0 Å². The van der Waals surface area contributed by atoms with Crippen LogP contribution >= 0.6 is 37.2 Å². The Balaban J connectivity index is 0.00000131. The molecule has 0 bridgehead atoms. The maximum atomic E-state index is 13.3. The molecule has 3 aromatic rings. The van der Waals surface area contributed by atoms with Gasteiger partial charge in [-0.1, -0.05) is 0 Å². The molecular formula is C18H22Cl3FN6. The minimum absolute atomic E-state index is 0. The molecular weight excluding hydrogens is 426 g/mol. The van der Waals surface area contributed by atoms with Crippen LogP contribution in [0.2, 0.25) is 0 Å². The Hall–Kier alpha value is -1.93. The number of benzene rings is 1. The molecule has 0 atom stereocenters. The predicted octanol–water partition coefficient (Wildman–Crippen LogP) is 3.99. The third kappa shape index (κ3) is 5.11. The van der Waals surface area contributed by atoms with E-state index in [0.29, 0.717) is 11.6 Å². The molecule has 0 spiro atoms. The zero-order chi connectivity index (χ0) is 17.2. The van der Waals surface area contributed by atoms with Crippen molar-refractivity contribution in [1.82, 2.24) is 25.3 Å². The summed E-state index contributed by atoms with van der Waals surface area (Å²) >= 11 is 0. The van der Waals surface area contributed by atoms with Crippen molar-refractivity contribution < 1.29 is 4.39 Å². The molecule has 1 fully saturated rings. The molecule has 2 aromatic heterocycles. The first kappa shape index (κ1) is 24.1. The van der Waals surface area contributed by atoms with Gasteiger partial charge in [0.1, 0.15) is 11.6 Å². The molecule has 152 valence electrons. The second-order valence-electron chi connectivity index (χ2n) is 6.18.